The second kappa shape index (κ2) is 8.97. The van der Waals surface area contributed by atoms with Crippen LogP contribution >= 0.6 is 0 Å². The standard InChI is InChI=1S/C22H19NO6/c1-14(24)18(11-15-7-3-2-4-8-15)23-20(25)13-28-21(26)17-12-16-9-5-6-10-19(16)29-22(17)27/h2-10,12,18H,11,13H2,1H3,(H,23,25)/t18-/m0/s1. The first-order chi connectivity index (χ1) is 13.9. The number of Topliss-reactive ketones (excluding diaryl/α,β-unsaturated/α-hetero) is 1. The van der Waals surface area contributed by atoms with Gasteiger partial charge in [-0.1, -0.05) is 48.5 Å². The van der Waals surface area contributed by atoms with Gasteiger partial charge >= 0.3 is 11.6 Å². The summed E-state index contributed by atoms with van der Waals surface area (Å²) in [5.41, 5.74) is 0.0828. The smallest absolute Gasteiger partial charge is 0.351 e. The molecule has 0 unspecified atom stereocenters. The number of fused-ring (bicyclic) bond motifs is 1. The summed E-state index contributed by atoms with van der Waals surface area (Å²) in [6.45, 7) is 0.754. The largest absolute Gasteiger partial charge is 0.452 e. The van der Waals surface area contributed by atoms with Gasteiger partial charge in [-0.05, 0) is 31.0 Å². The zero-order valence-electron chi connectivity index (χ0n) is 15.7. The summed E-state index contributed by atoms with van der Waals surface area (Å²) >= 11 is 0. The van der Waals surface area contributed by atoms with Crippen molar-refractivity contribution in [3.05, 3.63) is 82.2 Å². The Kier molecular flexibility index (Phi) is 6.19. The second-order valence-electron chi connectivity index (χ2n) is 6.48. The number of hydrogen-bond acceptors (Lipinski definition) is 6. The molecule has 148 valence electrons. The Morgan fingerprint density at radius 3 is 2.45 bits per heavy atom. The summed E-state index contributed by atoms with van der Waals surface area (Å²) in [7, 11) is 0. The van der Waals surface area contributed by atoms with Gasteiger partial charge in [0.1, 0.15) is 11.1 Å². The molecule has 1 N–H and O–H groups in total. The summed E-state index contributed by atoms with van der Waals surface area (Å²) in [4.78, 5) is 48.1. The van der Waals surface area contributed by atoms with Crippen molar-refractivity contribution in [1.82, 2.24) is 5.32 Å². The van der Waals surface area contributed by atoms with Gasteiger partial charge in [-0.2, -0.15) is 0 Å². The highest BCUT2D eigenvalue weighted by Gasteiger charge is 2.20. The number of carbonyl (C=O) groups is 3. The average molecular weight is 393 g/mol. The first-order valence-electron chi connectivity index (χ1n) is 8.98. The Hall–Kier alpha value is -3.74. The van der Waals surface area contributed by atoms with E-state index >= 15 is 0 Å². The van der Waals surface area contributed by atoms with E-state index in [4.69, 9.17) is 9.15 Å². The maximum absolute atomic E-state index is 12.2. The summed E-state index contributed by atoms with van der Waals surface area (Å²) in [6.07, 6.45) is 0.324. The molecule has 3 aromatic rings. The van der Waals surface area contributed by atoms with Gasteiger partial charge in [0.2, 0.25) is 0 Å². The van der Waals surface area contributed by atoms with Gasteiger partial charge in [0.15, 0.2) is 12.4 Å². The minimum Gasteiger partial charge on any atom is -0.452 e. The van der Waals surface area contributed by atoms with Crippen LogP contribution in [0.3, 0.4) is 0 Å². The fraction of sp³-hybridized carbons (Fsp3) is 0.182. The maximum atomic E-state index is 12.2. The zero-order valence-corrected chi connectivity index (χ0v) is 15.7. The highest BCUT2D eigenvalue weighted by Crippen LogP contribution is 2.13. The number of nitrogens with one attached hydrogen (secondary N) is 1. The molecule has 0 aliphatic rings. The highest BCUT2D eigenvalue weighted by atomic mass is 16.5. The molecule has 1 aromatic heterocycles. The van der Waals surface area contributed by atoms with Crippen molar-refractivity contribution in [2.75, 3.05) is 6.61 Å². The summed E-state index contributed by atoms with van der Waals surface area (Å²) < 4.78 is 10.0. The van der Waals surface area contributed by atoms with Crippen molar-refractivity contribution in [2.24, 2.45) is 0 Å². The predicted octanol–water partition coefficient (Wildman–Crippen LogP) is 2.27. The van der Waals surface area contributed by atoms with Crippen LogP contribution in [0.5, 0.6) is 0 Å². The number of hydrogen-bond donors (Lipinski definition) is 1. The third kappa shape index (κ3) is 5.16. The number of ketones is 1. The first-order valence-corrected chi connectivity index (χ1v) is 8.98. The Labute approximate surface area is 166 Å². The molecule has 0 radical (unpaired) electrons. The molecule has 1 heterocycles. The van der Waals surface area contributed by atoms with Crippen LogP contribution in [0.25, 0.3) is 11.0 Å². The van der Waals surface area contributed by atoms with E-state index in [1.165, 1.54) is 13.0 Å². The monoisotopic (exact) mass is 393 g/mol. The topological polar surface area (TPSA) is 103 Å². The van der Waals surface area contributed by atoms with Crippen LogP contribution in [-0.4, -0.2) is 30.3 Å². The van der Waals surface area contributed by atoms with E-state index in [1.54, 1.807) is 24.3 Å². The van der Waals surface area contributed by atoms with Crippen LogP contribution in [0, 0.1) is 0 Å². The molecule has 3 rings (SSSR count). The third-order valence-electron chi connectivity index (χ3n) is 4.30. The van der Waals surface area contributed by atoms with Crippen molar-refractivity contribution in [3.63, 3.8) is 0 Å². The van der Waals surface area contributed by atoms with Crippen LogP contribution in [0.2, 0.25) is 0 Å². The Balaban J connectivity index is 1.62. The van der Waals surface area contributed by atoms with Crippen LogP contribution in [0.1, 0.15) is 22.8 Å². The average Bonchev–Trinajstić information content (AvgIpc) is 2.71. The lowest BCUT2D eigenvalue weighted by atomic mass is 10.0. The Bertz CT molecular complexity index is 1100. The number of esters is 1. The SMILES string of the molecule is CC(=O)[C@H](Cc1ccccc1)NC(=O)COC(=O)c1cc2ccccc2oc1=O. The number of benzene rings is 2. The quantitative estimate of drug-likeness (QED) is 0.488. The molecule has 29 heavy (non-hydrogen) atoms. The van der Waals surface area contributed by atoms with Gasteiger partial charge in [-0.3, -0.25) is 9.59 Å². The fourth-order valence-corrected chi connectivity index (χ4v) is 2.80. The molecule has 7 heteroatoms. The van der Waals surface area contributed by atoms with Crippen LogP contribution < -0.4 is 10.9 Å². The molecule has 1 atom stereocenters. The summed E-state index contributed by atoms with van der Waals surface area (Å²) in [6, 6.07) is 16.6. The molecule has 0 aliphatic carbocycles. The molecule has 0 fully saturated rings. The molecular weight excluding hydrogens is 374 g/mol. The van der Waals surface area contributed by atoms with Crippen molar-refractivity contribution >= 4 is 28.6 Å². The Morgan fingerprint density at radius 2 is 1.72 bits per heavy atom. The van der Waals surface area contributed by atoms with Gasteiger partial charge in [0.25, 0.3) is 5.91 Å². The second-order valence-corrected chi connectivity index (χ2v) is 6.48. The molecular formula is C22H19NO6. The van der Waals surface area contributed by atoms with Crippen molar-refractivity contribution in [1.29, 1.82) is 0 Å². The lowest BCUT2D eigenvalue weighted by molar-refractivity contribution is -0.128. The molecule has 1 amide bonds. The van der Waals surface area contributed by atoms with Gasteiger partial charge in [-0.25, -0.2) is 9.59 Å². The first kappa shape index (κ1) is 20.0. The normalized spacial score (nSPS) is 11.6. The molecule has 0 spiro atoms. The molecule has 7 nitrogen and oxygen atoms in total. The van der Waals surface area contributed by atoms with E-state index in [0.717, 1.165) is 5.56 Å². The van der Waals surface area contributed by atoms with Gasteiger partial charge in [0.05, 0.1) is 6.04 Å². The lowest BCUT2D eigenvalue weighted by Gasteiger charge is -2.16. The molecule has 0 bridgehead atoms. The lowest BCUT2D eigenvalue weighted by Crippen LogP contribution is -2.43. The van der Waals surface area contributed by atoms with Crippen molar-refractivity contribution in [2.45, 2.75) is 19.4 Å². The van der Waals surface area contributed by atoms with E-state index in [9.17, 15) is 19.2 Å². The zero-order chi connectivity index (χ0) is 20.8. The van der Waals surface area contributed by atoms with Crippen LogP contribution in [-0.2, 0) is 20.7 Å². The van der Waals surface area contributed by atoms with Crippen molar-refractivity contribution < 1.29 is 23.5 Å². The fourth-order valence-electron chi connectivity index (χ4n) is 2.80. The highest BCUT2D eigenvalue weighted by molar-refractivity contribution is 5.94. The number of para-hydroxylation sites is 1. The van der Waals surface area contributed by atoms with Crippen molar-refractivity contribution in [3.8, 4) is 0 Å². The molecule has 0 saturated heterocycles. The minimum absolute atomic E-state index is 0.219. The van der Waals surface area contributed by atoms with Crippen LogP contribution in [0.15, 0.2) is 69.9 Å². The molecule has 0 aliphatic heterocycles. The molecule has 2 aromatic carbocycles. The van der Waals surface area contributed by atoms with E-state index in [-0.39, 0.29) is 11.3 Å². The van der Waals surface area contributed by atoms with E-state index in [0.29, 0.717) is 17.4 Å². The van der Waals surface area contributed by atoms with Gasteiger partial charge in [0, 0.05) is 5.39 Å². The Morgan fingerprint density at radius 1 is 1.03 bits per heavy atom. The van der Waals surface area contributed by atoms with Crippen LogP contribution in [0.4, 0.5) is 0 Å². The third-order valence-corrected chi connectivity index (χ3v) is 4.30. The van der Waals surface area contributed by atoms with Gasteiger partial charge in [-0.15, -0.1) is 0 Å². The molecule has 0 saturated carbocycles. The van der Waals surface area contributed by atoms with E-state index in [1.807, 2.05) is 30.3 Å². The summed E-state index contributed by atoms with van der Waals surface area (Å²) in [5, 5.41) is 3.11. The predicted molar refractivity (Wildman–Crippen MR) is 106 cm³/mol. The number of rotatable bonds is 7. The van der Waals surface area contributed by atoms with Gasteiger partial charge < -0.3 is 14.5 Å². The number of carbonyl (C=O) groups excluding carboxylic acids is 3. The number of ether oxygens (including phenoxy) is 1. The minimum atomic E-state index is -0.970. The van der Waals surface area contributed by atoms with E-state index < -0.39 is 30.2 Å². The maximum Gasteiger partial charge on any atom is 0.351 e. The number of amides is 1. The van der Waals surface area contributed by atoms with E-state index in [2.05, 4.69) is 5.32 Å². The summed E-state index contributed by atoms with van der Waals surface area (Å²) in [5.74, 6) is -1.83.